The molecule has 4 nitrogen and oxygen atoms in total. The average molecular weight is 413 g/mol. The molecular formula is C21H14ClFN2O2S. The lowest BCUT2D eigenvalue weighted by Gasteiger charge is -2.11. The summed E-state index contributed by atoms with van der Waals surface area (Å²) in [6.07, 6.45) is 0. The van der Waals surface area contributed by atoms with E-state index >= 15 is 0 Å². The van der Waals surface area contributed by atoms with E-state index < -0.39 is 5.97 Å². The van der Waals surface area contributed by atoms with Crippen molar-refractivity contribution in [2.45, 2.75) is 6.92 Å². The molecular weight excluding hydrogens is 399 g/mol. The van der Waals surface area contributed by atoms with Crippen LogP contribution in [0.3, 0.4) is 0 Å². The van der Waals surface area contributed by atoms with Crippen LogP contribution in [0.4, 0.5) is 9.52 Å². The standard InChI is InChI=1S/C21H14ClFN2O2S/c1-12-15(13-5-3-2-4-6-13)8-9-16(19(12)22)20(26)27-25-21-24-17-10-7-14(23)11-18(17)28-21/h2-11H,1H3,(H,24,25). The zero-order valence-electron chi connectivity index (χ0n) is 14.7. The lowest BCUT2D eigenvalue weighted by molar-refractivity contribution is 0.0596. The number of benzene rings is 3. The van der Waals surface area contributed by atoms with Gasteiger partial charge in [0.25, 0.3) is 0 Å². The molecule has 4 rings (SSSR count). The van der Waals surface area contributed by atoms with Crippen LogP contribution in [0.15, 0.2) is 60.7 Å². The Balaban J connectivity index is 1.53. The van der Waals surface area contributed by atoms with E-state index in [0.29, 0.717) is 20.4 Å². The predicted octanol–water partition coefficient (Wildman–Crippen LogP) is 6.25. The quantitative estimate of drug-likeness (QED) is 0.402. The Morgan fingerprint density at radius 2 is 1.93 bits per heavy atom. The van der Waals surface area contributed by atoms with Crippen molar-refractivity contribution in [2.75, 3.05) is 5.48 Å². The molecule has 28 heavy (non-hydrogen) atoms. The maximum absolute atomic E-state index is 13.3. The Morgan fingerprint density at radius 1 is 1.14 bits per heavy atom. The summed E-state index contributed by atoms with van der Waals surface area (Å²) < 4.78 is 13.9. The normalized spacial score (nSPS) is 10.8. The molecule has 0 spiro atoms. The lowest BCUT2D eigenvalue weighted by atomic mass is 9.98. The third-order valence-corrected chi connectivity index (χ3v) is 5.67. The maximum Gasteiger partial charge on any atom is 0.364 e. The Kier molecular flexibility index (Phi) is 4.98. The van der Waals surface area contributed by atoms with Gasteiger partial charge < -0.3 is 4.84 Å². The minimum absolute atomic E-state index is 0.249. The molecule has 0 aliphatic heterocycles. The molecule has 1 N–H and O–H groups in total. The minimum atomic E-state index is -0.627. The molecule has 1 aromatic heterocycles. The molecule has 0 radical (unpaired) electrons. The number of carbonyl (C=O) groups is 1. The van der Waals surface area contributed by atoms with Gasteiger partial charge in [0.2, 0.25) is 5.13 Å². The summed E-state index contributed by atoms with van der Waals surface area (Å²) in [6.45, 7) is 1.86. The van der Waals surface area contributed by atoms with Crippen molar-refractivity contribution in [3.8, 4) is 11.1 Å². The molecule has 4 aromatic rings. The zero-order valence-corrected chi connectivity index (χ0v) is 16.3. The van der Waals surface area contributed by atoms with Crippen LogP contribution in [-0.2, 0) is 4.84 Å². The highest BCUT2D eigenvalue weighted by molar-refractivity contribution is 7.22. The molecule has 7 heteroatoms. The van der Waals surface area contributed by atoms with Gasteiger partial charge in [-0.25, -0.2) is 14.2 Å². The van der Waals surface area contributed by atoms with Crippen LogP contribution < -0.4 is 5.48 Å². The summed E-state index contributed by atoms with van der Waals surface area (Å²) in [5, 5.41) is 0.683. The van der Waals surface area contributed by atoms with Gasteiger partial charge in [-0.1, -0.05) is 59.3 Å². The monoisotopic (exact) mass is 412 g/mol. The average Bonchev–Trinajstić information content (AvgIpc) is 3.11. The molecule has 3 aromatic carbocycles. The maximum atomic E-state index is 13.3. The minimum Gasteiger partial charge on any atom is -0.336 e. The molecule has 0 amide bonds. The summed E-state index contributed by atoms with van der Waals surface area (Å²) in [5.41, 5.74) is 6.14. The molecule has 0 aliphatic carbocycles. The van der Waals surface area contributed by atoms with Crippen LogP contribution in [0.5, 0.6) is 0 Å². The van der Waals surface area contributed by atoms with Crippen molar-refractivity contribution >= 4 is 44.3 Å². The number of hydrogen-bond acceptors (Lipinski definition) is 5. The summed E-state index contributed by atoms with van der Waals surface area (Å²) >= 11 is 7.61. The smallest absolute Gasteiger partial charge is 0.336 e. The third kappa shape index (κ3) is 3.56. The largest absolute Gasteiger partial charge is 0.364 e. The fraction of sp³-hybridized carbons (Fsp3) is 0.0476. The number of halogens is 2. The van der Waals surface area contributed by atoms with Crippen molar-refractivity contribution in [2.24, 2.45) is 0 Å². The highest BCUT2D eigenvalue weighted by Gasteiger charge is 2.17. The highest BCUT2D eigenvalue weighted by Crippen LogP contribution is 2.32. The first-order chi connectivity index (χ1) is 13.5. The van der Waals surface area contributed by atoms with Gasteiger partial charge >= 0.3 is 5.97 Å². The van der Waals surface area contributed by atoms with E-state index in [0.717, 1.165) is 16.7 Å². The van der Waals surface area contributed by atoms with E-state index in [4.69, 9.17) is 16.4 Å². The number of nitrogens with one attached hydrogen (secondary N) is 1. The fourth-order valence-electron chi connectivity index (χ4n) is 2.86. The van der Waals surface area contributed by atoms with Gasteiger partial charge in [0.05, 0.1) is 20.8 Å². The van der Waals surface area contributed by atoms with E-state index in [2.05, 4.69) is 10.5 Å². The first-order valence-electron chi connectivity index (χ1n) is 8.41. The summed E-state index contributed by atoms with van der Waals surface area (Å²) in [7, 11) is 0. The first kappa shape index (κ1) is 18.4. The van der Waals surface area contributed by atoms with Crippen LogP contribution in [-0.4, -0.2) is 11.0 Å². The molecule has 0 saturated heterocycles. The second kappa shape index (κ2) is 7.58. The number of fused-ring (bicyclic) bond motifs is 1. The lowest BCUT2D eigenvalue weighted by Crippen LogP contribution is -2.11. The molecule has 0 saturated carbocycles. The Morgan fingerprint density at radius 3 is 2.71 bits per heavy atom. The van der Waals surface area contributed by atoms with Gasteiger partial charge in [-0.3, -0.25) is 0 Å². The molecule has 1 heterocycles. The van der Waals surface area contributed by atoms with Gasteiger partial charge in [-0.15, -0.1) is 0 Å². The number of hydrogen-bond donors (Lipinski definition) is 1. The summed E-state index contributed by atoms with van der Waals surface area (Å²) in [5.74, 6) is -0.974. The molecule has 0 bridgehead atoms. The number of nitrogens with zero attached hydrogens (tertiary/aromatic N) is 1. The van der Waals surface area contributed by atoms with Crippen LogP contribution in [0.2, 0.25) is 5.02 Å². The summed E-state index contributed by atoms with van der Waals surface area (Å²) in [4.78, 5) is 21.8. The predicted molar refractivity (Wildman–Crippen MR) is 110 cm³/mol. The van der Waals surface area contributed by atoms with E-state index in [1.165, 1.54) is 23.5 Å². The fourth-order valence-corrected chi connectivity index (χ4v) is 3.93. The van der Waals surface area contributed by atoms with Gasteiger partial charge in [0.15, 0.2) is 0 Å². The van der Waals surface area contributed by atoms with Gasteiger partial charge in [-0.2, -0.15) is 5.48 Å². The van der Waals surface area contributed by atoms with Crippen LogP contribution in [0.25, 0.3) is 21.3 Å². The molecule has 0 aliphatic rings. The van der Waals surface area contributed by atoms with Gasteiger partial charge in [-0.05, 0) is 47.9 Å². The van der Waals surface area contributed by atoms with Crippen LogP contribution in [0, 0.1) is 12.7 Å². The van der Waals surface area contributed by atoms with Crippen LogP contribution in [0.1, 0.15) is 15.9 Å². The SMILES string of the molecule is Cc1c(-c2ccccc2)ccc(C(=O)ONc2nc3ccc(F)cc3s2)c1Cl. The number of anilines is 1. The molecule has 0 unspecified atom stereocenters. The molecule has 140 valence electrons. The van der Waals surface area contributed by atoms with Gasteiger partial charge in [0, 0.05) is 0 Å². The first-order valence-corrected chi connectivity index (χ1v) is 9.60. The van der Waals surface area contributed by atoms with Gasteiger partial charge in [0.1, 0.15) is 5.82 Å². The second-order valence-corrected chi connectivity index (χ2v) is 7.50. The zero-order chi connectivity index (χ0) is 19.7. The van der Waals surface area contributed by atoms with E-state index in [9.17, 15) is 9.18 Å². The van der Waals surface area contributed by atoms with E-state index in [-0.39, 0.29) is 11.4 Å². The molecule has 0 atom stereocenters. The van der Waals surface area contributed by atoms with E-state index in [1.807, 2.05) is 43.3 Å². The third-order valence-electron chi connectivity index (χ3n) is 4.27. The number of aromatic nitrogens is 1. The molecule has 0 fully saturated rings. The highest BCUT2D eigenvalue weighted by atomic mass is 35.5. The summed E-state index contributed by atoms with van der Waals surface area (Å²) in [6, 6.07) is 17.5. The Labute approximate surface area is 169 Å². The van der Waals surface area contributed by atoms with Crippen molar-refractivity contribution < 1.29 is 14.0 Å². The number of rotatable bonds is 4. The van der Waals surface area contributed by atoms with E-state index in [1.54, 1.807) is 12.1 Å². The Hall–Kier alpha value is -2.96. The van der Waals surface area contributed by atoms with Crippen molar-refractivity contribution in [1.29, 1.82) is 0 Å². The number of carbonyl (C=O) groups excluding carboxylic acids is 1. The van der Waals surface area contributed by atoms with Crippen LogP contribution >= 0.6 is 22.9 Å². The van der Waals surface area contributed by atoms with Crippen molar-refractivity contribution in [1.82, 2.24) is 4.98 Å². The Bertz CT molecular complexity index is 1180. The van der Waals surface area contributed by atoms with Crippen molar-refractivity contribution in [3.05, 3.63) is 82.6 Å². The number of thiazole rings is 1. The van der Waals surface area contributed by atoms with Crippen molar-refractivity contribution in [3.63, 3.8) is 0 Å². The second-order valence-electron chi connectivity index (χ2n) is 6.09. The topological polar surface area (TPSA) is 51.2 Å².